The molecule has 11 heteroatoms. The van der Waals surface area contributed by atoms with E-state index < -0.39 is 30.1 Å². The molecule has 6 nitrogen and oxygen atoms in total. The van der Waals surface area contributed by atoms with E-state index in [-0.39, 0.29) is 40.2 Å². The highest BCUT2D eigenvalue weighted by molar-refractivity contribution is 6.34. The fourth-order valence-corrected chi connectivity index (χ4v) is 4.27. The second-order valence-corrected chi connectivity index (χ2v) is 8.69. The summed E-state index contributed by atoms with van der Waals surface area (Å²) < 4.78 is 42.6. The third-order valence-corrected chi connectivity index (χ3v) is 5.94. The van der Waals surface area contributed by atoms with Gasteiger partial charge in [0.05, 0.1) is 12.5 Å². The average molecular weight is 497 g/mol. The molecule has 0 fully saturated rings. The number of hydrogen-bond donors (Lipinski definition) is 1. The summed E-state index contributed by atoms with van der Waals surface area (Å²) in [6, 6.07) is 4.81. The van der Waals surface area contributed by atoms with Crippen molar-refractivity contribution in [2.75, 3.05) is 0 Å². The van der Waals surface area contributed by atoms with E-state index in [9.17, 15) is 18.0 Å². The molecule has 0 aliphatic carbocycles. The van der Waals surface area contributed by atoms with Gasteiger partial charge in [-0.3, -0.25) is 9.78 Å². The van der Waals surface area contributed by atoms with E-state index in [0.29, 0.717) is 0 Å². The minimum atomic E-state index is -4.78. The second-order valence-electron chi connectivity index (χ2n) is 7.81. The van der Waals surface area contributed by atoms with Crippen LogP contribution in [0.5, 0.6) is 0 Å². The quantitative estimate of drug-likeness (QED) is 0.628. The maximum atomic E-state index is 14.2. The molecule has 2 aliphatic rings. The number of halogens is 5. The van der Waals surface area contributed by atoms with Crippen LogP contribution < -0.4 is 5.32 Å². The van der Waals surface area contributed by atoms with Gasteiger partial charge in [-0.25, -0.2) is 0 Å². The third-order valence-electron chi connectivity index (χ3n) is 5.50. The first-order valence-corrected chi connectivity index (χ1v) is 10.6. The molecule has 2 aromatic rings. The molecule has 3 heterocycles. The Morgan fingerprint density at radius 1 is 1.24 bits per heavy atom. The molecule has 0 radical (unpaired) electrons. The Labute approximate surface area is 197 Å². The lowest BCUT2D eigenvalue weighted by Crippen LogP contribution is -2.43. The Balaban J connectivity index is 1.56. The number of terminal acetylenes is 1. The van der Waals surface area contributed by atoms with Crippen molar-refractivity contribution < 1.29 is 22.8 Å². The zero-order valence-electron chi connectivity index (χ0n) is 17.2. The topological polar surface area (TPSA) is 66.8 Å². The van der Waals surface area contributed by atoms with Crippen LogP contribution in [0, 0.1) is 12.3 Å². The first kappa shape index (κ1) is 23.2. The van der Waals surface area contributed by atoms with Gasteiger partial charge >= 0.3 is 6.18 Å². The number of nitrogens with zero attached hydrogens (tertiary/aromatic N) is 3. The lowest BCUT2D eigenvalue weighted by molar-refractivity contribution is -0.275. The number of amidine groups is 1. The molecule has 2 unspecified atom stereocenters. The molecule has 1 aromatic carbocycles. The lowest BCUT2D eigenvalue weighted by Gasteiger charge is -2.30. The van der Waals surface area contributed by atoms with E-state index in [2.05, 4.69) is 21.4 Å². The van der Waals surface area contributed by atoms with Gasteiger partial charge in [0.25, 0.3) is 11.5 Å². The molecule has 33 heavy (non-hydrogen) atoms. The Hall–Kier alpha value is -2.96. The van der Waals surface area contributed by atoms with Gasteiger partial charge < -0.3 is 15.1 Å². The predicted octanol–water partition coefficient (Wildman–Crippen LogP) is 4.65. The monoisotopic (exact) mass is 496 g/mol. The van der Waals surface area contributed by atoms with Gasteiger partial charge in [0, 0.05) is 34.9 Å². The Morgan fingerprint density at radius 3 is 2.55 bits per heavy atom. The molecular formula is C22H17Cl2F3N4O2. The minimum absolute atomic E-state index is 0.0581. The maximum absolute atomic E-state index is 14.2. The zero-order valence-corrected chi connectivity index (χ0v) is 18.7. The summed E-state index contributed by atoms with van der Waals surface area (Å²) in [5, 5.41) is 6.51. The van der Waals surface area contributed by atoms with Crippen molar-refractivity contribution in [3.63, 3.8) is 0 Å². The fraction of sp³-hybridized carbons (Fsp3) is 0.318. The van der Waals surface area contributed by atoms with E-state index in [4.69, 9.17) is 34.5 Å². The molecule has 4 rings (SSSR count). The second kappa shape index (κ2) is 8.43. The number of amides is 1. The molecule has 0 bridgehead atoms. The minimum Gasteiger partial charge on any atom is -0.372 e. The molecule has 0 spiro atoms. The smallest absolute Gasteiger partial charge is 0.372 e. The number of pyridine rings is 1. The van der Waals surface area contributed by atoms with Crippen LogP contribution in [0.1, 0.15) is 40.5 Å². The highest BCUT2D eigenvalue weighted by atomic mass is 35.5. The largest absolute Gasteiger partial charge is 0.435 e. The normalized spacial score (nSPS) is 20.5. The Kier molecular flexibility index (Phi) is 5.93. The van der Waals surface area contributed by atoms with E-state index in [0.717, 1.165) is 11.1 Å². The first-order valence-electron chi connectivity index (χ1n) is 9.80. The molecule has 2 aliphatic heterocycles. The van der Waals surface area contributed by atoms with Crippen molar-refractivity contribution in [3.8, 4) is 12.3 Å². The van der Waals surface area contributed by atoms with Gasteiger partial charge in [-0.05, 0) is 42.3 Å². The highest BCUT2D eigenvalue weighted by Gasteiger charge is 2.63. The van der Waals surface area contributed by atoms with Crippen LogP contribution in [0.4, 0.5) is 13.2 Å². The van der Waals surface area contributed by atoms with E-state index in [1.807, 2.05) is 0 Å². The van der Waals surface area contributed by atoms with Crippen molar-refractivity contribution in [2.45, 2.75) is 44.3 Å². The summed E-state index contributed by atoms with van der Waals surface area (Å²) in [5.74, 6) is 2.08. The lowest BCUT2D eigenvalue weighted by atomic mass is 9.89. The SMILES string of the molecule is C#CC(C)NC(=O)c1cc2c(cn1)CN(C1=NOC(c3cc(Cl)cc(Cl)c3)(C(F)(F)F)C1)C2. The summed E-state index contributed by atoms with van der Waals surface area (Å²) >= 11 is 11.9. The Morgan fingerprint density at radius 2 is 1.91 bits per heavy atom. The van der Waals surface area contributed by atoms with Gasteiger partial charge in [-0.2, -0.15) is 13.2 Å². The number of hydrogen-bond acceptors (Lipinski definition) is 5. The summed E-state index contributed by atoms with van der Waals surface area (Å²) in [7, 11) is 0. The molecule has 172 valence electrons. The van der Waals surface area contributed by atoms with Gasteiger partial charge in [0.1, 0.15) is 11.5 Å². The summed E-state index contributed by atoms with van der Waals surface area (Å²) in [6.45, 7) is 2.18. The summed E-state index contributed by atoms with van der Waals surface area (Å²) in [4.78, 5) is 23.1. The van der Waals surface area contributed by atoms with Crippen LogP contribution in [0.3, 0.4) is 0 Å². The maximum Gasteiger partial charge on any atom is 0.435 e. The van der Waals surface area contributed by atoms with Crippen molar-refractivity contribution in [2.24, 2.45) is 5.16 Å². The van der Waals surface area contributed by atoms with E-state index >= 15 is 0 Å². The fourth-order valence-electron chi connectivity index (χ4n) is 3.75. The standard InChI is InChI=1S/C22H17Cl2F3N4O2/c1-3-12(2)29-20(32)18-4-13-10-31(11-14(13)9-28-18)19-8-21(33-30-19,22(25,26)27)15-5-16(23)7-17(24)6-15/h1,4-7,9,12H,8,10-11H2,2H3,(H,29,32). The summed E-state index contributed by atoms with van der Waals surface area (Å²) in [6.07, 6.45) is 1.47. The number of rotatable bonds is 3. The third kappa shape index (κ3) is 4.33. The van der Waals surface area contributed by atoms with Crippen LogP contribution in [0.2, 0.25) is 10.0 Å². The number of benzene rings is 1. The molecule has 2 atom stereocenters. The predicted molar refractivity (Wildman–Crippen MR) is 117 cm³/mol. The molecule has 1 N–H and O–H groups in total. The summed E-state index contributed by atoms with van der Waals surface area (Å²) in [5.41, 5.74) is -1.25. The highest BCUT2D eigenvalue weighted by Crippen LogP contribution is 2.49. The number of aromatic nitrogens is 1. The van der Waals surface area contributed by atoms with Crippen LogP contribution in [0.25, 0.3) is 0 Å². The van der Waals surface area contributed by atoms with Crippen LogP contribution in [-0.4, -0.2) is 33.8 Å². The van der Waals surface area contributed by atoms with Crippen LogP contribution >= 0.6 is 23.2 Å². The van der Waals surface area contributed by atoms with Crippen molar-refractivity contribution in [1.29, 1.82) is 0 Å². The number of carbonyl (C=O) groups excluding carboxylic acids is 1. The van der Waals surface area contributed by atoms with Gasteiger partial charge in [-0.15, -0.1) is 6.42 Å². The molecule has 1 aromatic heterocycles. The number of fused-ring (bicyclic) bond motifs is 1. The Bertz CT molecular complexity index is 1170. The van der Waals surface area contributed by atoms with Crippen molar-refractivity contribution in [1.82, 2.24) is 15.2 Å². The van der Waals surface area contributed by atoms with Gasteiger partial charge in [0.2, 0.25) is 0 Å². The number of nitrogens with one attached hydrogen (secondary N) is 1. The zero-order chi connectivity index (χ0) is 24.0. The molecule has 1 amide bonds. The van der Waals surface area contributed by atoms with Gasteiger partial charge in [0.15, 0.2) is 0 Å². The molecule has 0 saturated carbocycles. The van der Waals surface area contributed by atoms with E-state index in [1.54, 1.807) is 17.9 Å². The molecule has 0 saturated heterocycles. The number of carbonyl (C=O) groups is 1. The first-order chi connectivity index (χ1) is 15.5. The van der Waals surface area contributed by atoms with Crippen molar-refractivity contribution >= 4 is 34.9 Å². The average Bonchev–Trinajstić information content (AvgIpc) is 3.37. The van der Waals surface area contributed by atoms with Gasteiger partial charge in [-0.1, -0.05) is 34.3 Å². The number of oxime groups is 1. The number of alkyl halides is 3. The van der Waals surface area contributed by atoms with Crippen molar-refractivity contribution in [3.05, 3.63) is 62.9 Å². The van der Waals surface area contributed by atoms with Crippen LogP contribution in [0.15, 0.2) is 35.6 Å². The van der Waals surface area contributed by atoms with Crippen LogP contribution in [-0.2, 0) is 23.5 Å². The van der Waals surface area contributed by atoms with E-state index in [1.165, 1.54) is 24.4 Å². The molecular weight excluding hydrogens is 480 g/mol.